The van der Waals surface area contributed by atoms with Crippen LogP contribution in [0.1, 0.15) is 11.4 Å². The lowest BCUT2D eigenvalue weighted by Gasteiger charge is -2.08. The Morgan fingerprint density at radius 1 is 1.17 bits per heavy atom. The number of anilines is 1. The van der Waals surface area contributed by atoms with Gasteiger partial charge in [-0.05, 0) is 44.2 Å². The second-order valence-corrected chi connectivity index (χ2v) is 7.76. The van der Waals surface area contributed by atoms with Crippen molar-refractivity contribution in [2.45, 2.75) is 19.0 Å². The van der Waals surface area contributed by atoms with Crippen LogP contribution < -0.4 is 5.32 Å². The van der Waals surface area contributed by atoms with Crippen molar-refractivity contribution in [3.05, 3.63) is 65.2 Å². The summed E-state index contributed by atoms with van der Waals surface area (Å²) in [6.07, 6.45) is 3.47. The van der Waals surface area contributed by atoms with Crippen LogP contribution in [-0.4, -0.2) is 36.2 Å². The van der Waals surface area contributed by atoms with E-state index >= 15 is 0 Å². The third kappa shape index (κ3) is 4.38. The molecule has 0 bridgehead atoms. The first kappa shape index (κ1) is 19.4. The average molecular weight is 425 g/mol. The molecule has 1 aromatic carbocycles. The summed E-state index contributed by atoms with van der Waals surface area (Å²) in [7, 11) is 0. The molecule has 1 N–H and O–H groups in total. The summed E-state index contributed by atoms with van der Waals surface area (Å²) in [5.41, 5.74) is 4.95. The first-order chi connectivity index (χ1) is 14.0. The summed E-state index contributed by atoms with van der Waals surface area (Å²) in [5, 5.41) is 8.43. The maximum atomic E-state index is 12.2. The van der Waals surface area contributed by atoms with Gasteiger partial charge in [0, 0.05) is 34.7 Å². The second-order valence-electron chi connectivity index (χ2n) is 6.38. The zero-order valence-corrected chi connectivity index (χ0v) is 17.3. The molecule has 3 aromatic heterocycles. The summed E-state index contributed by atoms with van der Waals surface area (Å²) in [6, 6.07) is 10.7. The molecule has 0 aliphatic heterocycles. The minimum absolute atomic E-state index is 0.141. The molecule has 0 spiro atoms. The van der Waals surface area contributed by atoms with Crippen LogP contribution in [0.2, 0.25) is 5.02 Å². The smallest absolute Gasteiger partial charge is 0.234 e. The standard InChI is InChI=1S/C20H17ClN6OS/c1-12-9-18-23-10-16(13(2)27(18)26-12)17-7-8-22-20(25-17)29-11-19(28)24-15-5-3-14(21)4-6-15/h3-10H,11H2,1-2H3,(H,24,28). The number of thioether (sulfide) groups is 1. The number of fused-ring (bicyclic) bond motifs is 1. The molecule has 29 heavy (non-hydrogen) atoms. The molecule has 0 fully saturated rings. The Hall–Kier alpha value is -2.97. The van der Waals surface area contributed by atoms with Crippen LogP contribution in [0.5, 0.6) is 0 Å². The third-order valence-electron chi connectivity index (χ3n) is 4.22. The Morgan fingerprint density at radius 2 is 1.97 bits per heavy atom. The van der Waals surface area contributed by atoms with Gasteiger partial charge >= 0.3 is 0 Å². The number of hydrogen-bond donors (Lipinski definition) is 1. The van der Waals surface area contributed by atoms with Crippen molar-refractivity contribution < 1.29 is 4.79 Å². The first-order valence-corrected chi connectivity index (χ1v) is 10.2. The number of nitrogens with one attached hydrogen (secondary N) is 1. The maximum absolute atomic E-state index is 12.2. The van der Waals surface area contributed by atoms with Crippen molar-refractivity contribution in [2.24, 2.45) is 0 Å². The van der Waals surface area contributed by atoms with Gasteiger partial charge in [0.1, 0.15) is 0 Å². The Labute approximate surface area is 176 Å². The van der Waals surface area contributed by atoms with Crippen LogP contribution >= 0.6 is 23.4 Å². The van der Waals surface area contributed by atoms with Gasteiger partial charge in [-0.1, -0.05) is 23.4 Å². The van der Waals surface area contributed by atoms with E-state index in [0.29, 0.717) is 15.9 Å². The topological polar surface area (TPSA) is 85.1 Å². The van der Waals surface area contributed by atoms with Crippen molar-refractivity contribution in [3.63, 3.8) is 0 Å². The van der Waals surface area contributed by atoms with Crippen LogP contribution in [0.25, 0.3) is 16.9 Å². The summed E-state index contributed by atoms with van der Waals surface area (Å²) in [6.45, 7) is 3.91. The molecule has 3 heterocycles. The Bertz CT molecular complexity index is 1190. The largest absolute Gasteiger partial charge is 0.325 e. The number of benzene rings is 1. The molecule has 0 atom stereocenters. The van der Waals surface area contributed by atoms with Gasteiger partial charge in [-0.15, -0.1) is 0 Å². The van der Waals surface area contributed by atoms with E-state index in [1.807, 2.05) is 26.0 Å². The Morgan fingerprint density at radius 3 is 2.76 bits per heavy atom. The summed E-state index contributed by atoms with van der Waals surface area (Å²) < 4.78 is 1.80. The fourth-order valence-electron chi connectivity index (χ4n) is 2.84. The minimum Gasteiger partial charge on any atom is -0.325 e. The van der Waals surface area contributed by atoms with Crippen LogP contribution in [-0.2, 0) is 4.79 Å². The molecule has 0 saturated heterocycles. The Kier molecular flexibility index (Phi) is 5.46. The van der Waals surface area contributed by atoms with Crippen molar-refractivity contribution in [3.8, 4) is 11.3 Å². The van der Waals surface area contributed by atoms with Gasteiger partial charge in [0.25, 0.3) is 0 Å². The molecule has 7 nitrogen and oxygen atoms in total. The predicted octanol–water partition coefficient (Wildman–Crippen LogP) is 4.19. The van der Waals surface area contributed by atoms with E-state index in [-0.39, 0.29) is 11.7 Å². The molecule has 1 amide bonds. The quantitative estimate of drug-likeness (QED) is 0.382. The normalized spacial score (nSPS) is 11.0. The number of carbonyl (C=O) groups is 1. The number of carbonyl (C=O) groups excluding carboxylic acids is 1. The number of hydrogen-bond acceptors (Lipinski definition) is 6. The molecule has 4 rings (SSSR count). The highest BCUT2D eigenvalue weighted by Gasteiger charge is 2.12. The van der Waals surface area contributed by atoms with E-state index in [2.05, 4.69) is 25.4 Å². The Balaban J connectivity index is 1.48. The fourth-order valence-corrected chi connectivity index (χ4v) is 3.59. The van der Waals surface area contributed by atoms with Gasteiger partial charge in [0.2, 0.25) is 5.91 Å². The number of nitrogens with zero attached hydrogens (tertiary/aromatic N) is 5. The zero-order valence-electron chi connectivity index (χ0n) is 15.8. The highest BCUT2D eigenvalue weighted by molar-refractivity contribution is 7.99. The highest BCUT2D eigenvalue weighted by Crippen LogP contribution is 2.24. The molecular weight excluding hydrogens is 408 g/mol. The summed E-state index contributed by atoms with van der Waals surface area (Å²) in [5.74, 6) is 0.0540. The van der Waals surface area contributed by atoms with E-state index in [0.717, 1.165) is 28.3 Å². The second kappa shape index (κ2) is 8.18. The number of halogens is 1. The van der Waals surface area contributed by atoms with Crippen molar-refractivity contribution in [2.75, 3.05) is 11.1 Å². The average Bonchev–Trinajstić information content (AvgIpc) is 3.10. The first-order valence-electron chi connectivity index (χ1n) is 8.83. The van der Waals surface area contributed by atoms with Gasteiger partial charge in [0.05, 0.1) is 22.8 Å². The minimum atomic E-state index is -0.141. The molecule has 9 heteroatoms. The lowest BCUT2D eigenvalue weighted by atomic mass is 10.2. The van der Waals surface area contributed by atoms with Crippen LogP contribution in [0, 0.1) is 13.8 Å². The van der Waals surface area contributed by atoms with Crippen molar-refractivity contribution >= 4 is 40.6 Å². The predicted molar refractivity (Wildman–Crippen MR) is 114 cm³/mol. The molecule has 0 saturated carbocycles. The van der Waals surface area contributed by atoms with Gasteiger partial charge < -0.3 is 5.32 Å². The molecule has 0 aliphatic rings. The maximum Gasteiger partial charge on any atom is 0.234 e. The van der Waals surface area contributed by atoms with E-state index in [1.54, 1.807) is 41.2 Å². The van der Waals surface area contributed by atoms with Gasteiger partial charge in [-0.25, -0.2) is 19.5 Å². The molecule has 4 aromatic rings. The lowest BCUT2D eigenvalue weighted by Crippen LogP contribution is -2.14. The lowest BCUT2D eigenvalue weighted by molar-refractivity contribution is -0.113. The zero-order chi connectivity index (χ0) is 20.4. The highest BCUT2D eigenvalue weighted by atomic mass is 35.5. The van der Waals surface area contributed by atoms with Crippen LogP contribution in [0.15, 0.2) is 53.9 Å². The van der Waals surface area contributed by atoms with E-state index < -0.39 is 0 Å². The summed E-state index contributed by atoms with van der Waals surface area (Å²) in [4.78, 5) is 25.5. The van der Waals surface area contributed by atoms with E-state index in [1.165, 1.54) is 11.8 Å². The molecule has 0 aliphatic carbocycles. The molecular formula is C20H17ClN6OS. The van der Waals surface area contributed by atoms with E-state index in [4.69, 9.17) is 11.6 Å². The number of rotatable bonds is 5. The third-order valence-corrected chi connectivity index (χ3v) is 5.33. The van der Waals surface area contributed by atoms with Gasteiger partial charge in [0.15, 0.2) is 10.8 Å². The summed E-state index contributed by atoms with van der Waals surface area (Å²) >= 11 is 7.13. The van der Waals surface area contributed by atoms with E-state index in [9.17, 15) is 4.79 Å². The van der Waals surface area contributed by atoms with Gasteiger partial charge in [-0.2, -0.15) is 5.10 Å². The number of amides is 1. The fraction of sp³-hybridized carbons (Fsp3) is 0.150. The van der Waals surface area contributed by atoms with Crippen LogP contribution in [0.4, 0.5) is 5.69 Å². The molecule has 146 valence electrons. The number of aromatic nitrogens is 5. The number of aryl methyl sites for hydroxylation is 2. The molecule has 0 radical (unpaired) electrons. The van der Waals surface area contributed by atoms with Crippen molar-refractivity contribution in [1.82, 2.24) is 24.6 Å². The van der Waals surface area contributed by atoms with Crippen LogP contribution in [0.3, 0.4) is 0 Å². The SMILES string of the molecule is Cc1cc2ncc(-c3ccnc(SCC(=O)Nc4ccc(Cl)cc4)n3)c(C)n2n1. The van der Waals surface area contributed by atoms with Gasteiger partial charge in [-0.3, -0.25) is 4.79 Å². The van der Waals surface area contributed by atoms with Crippen molar-refractivity contribution in [1.29, 1.82) is 0 Å². The molecule has 0 unspecified atom stereocenters. The monoisotopic (exact) mass is 424 g/mol.